The van der Waals surface area contributed by atoms with Crippen molar-refractivity contribution in [2.45, 2.75) is 13.5 Å². The molecule has 4 heteroatoms. The molecule has 2 aromatic rings. The Hall–Kier alpha value is -1.52. The van der Waals surface area contributed by atoms with E-state index >= 15 is 0 Å². The van der Waals surface area contributed by atoms with Gasteiger partial charge in [-0.1, -0.05) is 0 Å². The van der Waals surface area contributed by atoms with Gasteiger partial charge in [-0.25, -0.2) is 0 Å². The molecule has 0 spiro atoms. The number of likely N-dealkylation sites (N-methyl/N-ethyl adjacent to an activating group) is 1. The summed E-state index contributed by atoms with van der Waals surface area (Å²) in [7, 11) is 3.73. The minimum Gasteiger partial charge on any atom is -0.458 e. The van der Waals surface area contributed by atoms with E-state index in [0.29, 0.717) is 12.4 Å². The number of hydrogen-bond acceptors (Lipinski definition) is 4. The van der Waals surface area contributed by atoms with Gasteiger partial charge in [-0.2, -0.15) is 0 Å². The van der Waals surface area contributed by atoms with E-state index in [9.17, 15) is 5.11 Å². The van der Waals surface area contributed by atoms with Crippen LogP contribution < -0.4 is 4.90 Å². The van der Waals surface area contributed by atoms with Crippen molar-refractivity contribution in [3.8, 4) is 0 Å². The van der Waals surface area contributed by atoms with Gasteiger partial charge in [0.1, 0.15) is 18.0 Å². The Labute approximate surface area is 107 Å². The Morgan fingerprint density at radius 1 is 1.39 bits per heavy atom. The lowest BCUT2D eigenvalue weighted by atomic mass is 10.1. The van der Waals surface area contributed by atoms with E-state index in [1.54, 1.807) is 7.11 Å². The van der Waals surface area contributed by atoms with E-state index in [1.165, 1.54) is 0 Å². The molecule has 0 aliphatic rings. The number of aryl methyl sites for hydroxylation is 1. The third-order valence-electron chi connectivity index (χ3n) is 3.23. The largest absolute Gasteiger partial charge is 0.458 e. The number of nitrogens with zero attached hydrogens (tertiary/aromatic N) is 1. The molecule has 1 heterocycles. The van der Waals surface area contributed by atoms with Crippen LogP contribution in [0.2, 0.25) is 0 Å². The van der Waals surface area contributed by atoms with Gasteiger partial charge in [0.05, 0.1) is 6.61 Å². The summed E-state index contributed by atoms with van der Waals surface area (Å²) in [5, 5.41) is 10.2. The molecule has 0 bridgehead atoms. The highest BCUT2D eigenvalue weighted by Crippen LogP contribution is 2.28. The Balaban J connectivity index is 2.34. The average Bonchev–Trinajstić information content (AvgIpc) is 2.72. The second-order valence-corrected chi connectivity index (χ2v) is 4.40. The van der Waals surface area contributed by atoms with Crippen LogP contribution in [-0.2, 0) is 11.3 Å². The molecule has 18 heavy (non-hydrogen) atoms. The van der Waals surface area contributed by atoms with Crippen LogP contribution in [0.4, 0.5) is 5.69 Å². The van der Waals surface area contributed by atoms with E-state index in [2.05, 4.69) is 11.0 Å². The van der Waals surface area contributed by atoms with Crippen LogP contribution in [-0.4, -0.2) is 32.4 Å². The molecule has 1 aromatic carbocycles. The second-order valence-electron chi connectivity index (χ2n) is 4.40. The highest BCUT2D eigenvalue weighted by molar-refractivity contribution is 5.85. The summed E-state index contributed by atoms with van der Waals surface area (Å²) in [6, 6.07) is 6.05. The van der Waals surface area contributed by atoms with Gasteiger partial charge < -0.3 is 19.2 Å². The average molecular weight is 249 g/mol. The Morgan fingerprint density at radius 3 is 2.83 bits per heavy atom. The van der Waals surface area contributed by atoms with Crippen LogP contribution in [0.5, 0.6) is 0 Å². The SMILES string of the molecule is COCCN(C)c1ccc2oc(CO)c(C)c2c1. The van der Waals surface area contributed by atoms with Crippen molar-refractivity contribution in [1.82, 2.24) is 0 Å². The van der Waals surface area contributed by atoms with Crippen molar-refractivity contribution in [2.24, 2.45) is 0 Å². The summed E-state index contributed by atoms with van der Waals surface area (Å²) >= 11 is 0. The summed E-state index contributed by atoms with van der Waals surface area (Å²) in [5.74, 6) is 0.640. The number of furan rings is 1. The standard InChI is InChI=1S/C14H19NO3/c1-10-12-8-11(15(2)6-7-17-3)4-5-13(12)18-14(10)9-16/h4-5,8,16H,6-7,9H2,1-3H3. The molecule has 0 aliphatic heterocycles. The Kier molecular flexibility index (Phi) is 3.89. The van der Waals surface area contributed by atoms with Crippen LogP contribution in [0.15, 0.2) is 22.6 Å². The van der Waals surface area contributed by atoms with Gasteiger partial charge in [0.2, 0.25) is 0 Å². The zero-order valence-electron chi connectivity index (χ0n) is 11.1. The molecule has 1 aromatic heterocycles. The smallest absolute Gasteiger partial charge is 0.134 e. The number of ether oxygens (including phenoxy) is 1. The lowest BCUT2D eigenvalue weighted by molar-refractivity contribution is 0.206. The molecular formula is C14H19NO3. The Bertz CT molecular complexity index is 533. The maximum absolute atomic E-state index is 9.19. The summed E-state index contributed by atoms with van der Waals surface area (Å²) in [6.07, 6.45) is 0. The van der Waals surface area contributed by atoms with Crippen LogP contribution in [0.3, 0.4) is 0 Å². The van der Waals surface area contributed by atoms with Gasteiger partial charge in [-0.3, -0.25) is 0 Å². The van der Waals surface area contributed by atoms with E-state index in [-0.39, 0.29) is 6.61 Å². The van der Waals surface area contributed by atoms with Gasteiger partial charge >= 0.3 is 0 Å². The third kappa shape index (κ3) is 2.35. The first kappa shape index (κ1) is 12.9. The van der Waals surface area contributed by atoms with Gasteiger partial charge in [0, 0.05) is 37.3 Å². The first-order valence-corrected chi connectivity index (χ1v) is 6.00. The molecule has 0 fully saturated rings. The summed E-state index contributed by atoms with van der Waals surface area (Å²) < 4.78 is 10.6. The molecule has 2 rings (SSSR count). The number of fused-ring (bicyclic) bond motifs is 1. The molecule has 0 radical (unpaired) electrons. The number of aliphatic hydroxyl groups is 1. The van der Waals surface area contributed by atoms with Crippen LogP contribution in [0.1, 0.15) is 11.3 Å². The molecule has 1 N–H and O–H groups in total. The fourth-order valence-electron chi connectivity index (χ4n) is 2.01. The van der Waals surface area contributed by atoms with Gasteiger partial charge in [-0.05, 0) is 25.1 Å². The summed E-state index contributed by atoms with van der Waals surface area (Å²) in [4.78, 5) is 2.13. The molecule has 0 unspecified atom stereocenters. The predicted molar refractivity (Wildman–Crippen MR) is 72.0 cm³/mol. The highest BCUT2D eigenvalue weighted by atomic mass is 16.5. The van der Waals surface area contributed by atoms with Crippen molar-refractivity contribution in [3.63, 3.8) is 0 Å². The highest BCUT2D eigenvalue weighted by Gasteiger charge is 2.11. The van der Waals surface area contributed by atoms with E-state index in [0.717, 1.165) is 28.8 Å². The molecule has 0 atom stereocenters. The molecular weight excluding hydrogens is 230 g/mol. The number of benzene rings is 1. The van der Waals surface area contributed by atoms with Crippen LogP contribution in [0.25, 0.3) is 11.0 Å². The van der Waals surface area contributed by atoms with Gasteiger partial charge in [0.15, 0.2) is 0 Å². The molecule has 0 aliphatic carbocycles. The van der Waals surface area contributed by atoms with E-state index in [1.807, 2.05) is 26.1 Å². The molecule has 98 valence electrons. The number of methoxy groups -OCH3 is 1. The maximum atomic E-state index is 9.19. The van der Waals surface area contributed by atoms with Crippen molar-refractivity contribution in [1.29, 1.82) is 0 Å². The molecule has 0 amide bonds. The Morgan fingerprint density at radius 2 is 2.17 bits per heavy atom. The fraction of sp³-hybridized carbons (Fsp3) is 0.429. The quantitative estimate of drug-likeness (QED) is 0.883. The van der Waals surface area contributed by atoms with E-state index in [4.69, 9.17) is 9.15 Å². The minimum absolute atomic E-state index is 0.0602. The van der Waals surface area contributed by atoms with Gasteiger partial charge in [0.25, 0.3) is 0 Å². The minimum atomic E-state index is -0.0602. The maximum Gasteiger partial charge on any atom is 0.134 e. The number of rotatable bonds is 5. The predicted octanol–water partition coefficient (Wildman–Crippen LogP) is 2.32. The molecule has 0 saturated carbocycles. The molecule has 4 nitrogen and oxygen atoms in total. The van der Waals surface area contributed by atoms with Crippen molar-refractivity contribution in [2.75, 3.05) is 32.2 Å². The van der Waals surface area contributed by atoms with E-state index < -0.39 is 0 Å². The van der Waals surface area contributed by atoms with Crippen molar-refractivity contribution < 1.29 is 14.3 Å². The molecule has 0 saturated heterocycles. The monoisotopic (exact) mass is 249 g/mol. The van der Waals surface area contributed by atoms with Crippen LogP contribution in [0, 0.1) is 6.92 Å². The zero-order valence-corrected chi connectivity index (χ0v) is 11.1. The second kappa shape index (κ2) is 5.42. The number of anilines is 1. The zero-order chi connectivity index (χ0) is 13.1. The number of aliphatic hydroxyl groups excluding tert-OH is 1. The lowest BCUT2D eigenvalue weighted by Crippen LogP contribution is -2.21. The summed E-state index contributed by atoms with van der Waals surface area (Å²) in [5.41, 5.74) is 2.95. The topological polar surface area (TPSA) is 45.8 Å². The van der Waals surface area contributed by atoms with Crippen molar-refractivity contribution in [3.05, 3.63) is 29.5 Å². The first-order valence-electron chi connectivity index (χ1n) is 6.00. The normalized spacial score (nSPS) is 11.1. The fourth-order valence-corrected chi connectivity index (χ4v) is 2.01. The number of hydrogen-bond donors (Lipinski definition) is 1. The third-order valence-corrected chi connectivity index (χ3v) is 3.23. The first-order chi connectivity index (χ1) is 8.67. The summed E-state index contributed by atoms with van der Waals surface area (Å²) in [6.45, 7) is 3.44. The lowest BCUT2D eigenvalue weighted by Gasteiger charge is -2.18. The van der Waals surface area contributed by atoms with Gasteiger partial charge in [-0.15, -0.1) is 0 Å². The van der Waals surface area contributed by atoms with Crippen molar-refractivity contribution >= 4 is 16.7 Å². The van der Waals surface area contributed by atoms with Crippen LogP contribution >= 0.6 is 0 Å².